The number of amides is 1. The molecule has 0 radical (unpaired) electrons. The van der Waals surface area contributed by atoms with Gasteiger partial charge in [0.1, 0.15) is 4.90 Å². The minimum atomic E-state index is -3.80. The maximum atomic E-state index is 12.4. The van der Waals surface area contributed by atoms with Gasteiger partial charge >= 0.3 is 0 Å². The van der Waals surface area contributed by atoms with E-state index in [2.05, 4.69) is 15.4 Å². The molecule has 0 bridgehead atoms. The van der Waals surface area contributed by atoms with Gasteiger partial charge in [-0.3, -0.25) is 24.6 Å². The van der Waals surface area contributed by atoms with Crippen molar-refractivity contribution in [2.45, 2.75) is 11.4 Å². The lowest BCUT2D eigenvalue weighted by atomic mass is 10.2. The fourth-order valence-electron chi connectivity index (χ4n) is 2.48. The third-order valence-electron chi connectivity index (χ3n) is 3.75. The highest BCUT2D eigenvalue weighted by Crippen LogP contribution is 2.25. The molecule has 0 atom stereocenters. The normalized spacial score (nSPS) is 11.2. The van der Waals surface area contributed by atoms with E-state index >= 15 is 0 Å². The van der Waals surface area contributed by atoms with Gasteiger partial charge in [0.05, 0.1) is 17.2 Å². The van der Waals surface area contributed by atoms with E-state index in [4.69, 9.17) is 0 Å². The molecule has 10 nitrogen and oxygen atoms in total. The van der Waals surface area contributed by atoms with E-state index in [1.807, 2.05) is 12.1 Å². The number of pyridine rings is 1. The molecule has 2 aromatic heterocycles. The van der Waals surface area contributed by atoms with Crippen molar-refractivity contribution in [1.29, 1.82) is 0 Å². The third-order valence-corrected chi connectivity index (χ3v) is 4.89. The number of benzene rings is 1. The van der Waals surface area contributed by atoms with Crippen molar-refractivity contribution in [2.75, 3.05) is 11.6 Å². The van der Waals surface area contributed by atoms with Gasteiger partial charge in [0.25, 0.3) is 11.6 Å². The first kappa shape index (κ1) is 19.2. The fourth-order valence-corrected chi connectivity index (χ4v) is 3.31. The molecule has 0 aliphatic heterocycles. The van der Waals surface area contributed by atoms with Crippen LogP contribution in [0.5, 0.6) is 0 Å². The minimum Gasteiger partial charge on any atom is -0.305 e. The van der Waals surface area contributed by atoms with Crippen molar-refractivity contribution in [3.63, 3.8) is 0 Å². The van der Waals surface area contributed by atoms with Crippen LogP contribution in [-0.4, -0.2) is 40.3 Å². The maximum Gasteiger partial charge on any atom is 0.288 e. The molecule has 0 spiro atoms. The molecule has 1 amide bonds. The summed E-state index contributed by atoms with van der Waals surface area (Å²) in [5.41, 5.74) is 0.0738. The molecule has 3 aromatic rings. The highest BCUT2D eigenvalue weighted by molar-refractivity contribution is 7.90. The molecule has 1 aromatic carbocycles. The number of carbonyl (C=O) groups excluding carboxylic acids is 1. The van der Waals surface area contributed by atoms with Gasteiger partial charge in [-0.25, -0.2) is 8.42 Å². The number of sulfone groups is 1. The second-order valence-corrected chi connectivity index (χ2v) is 7.87. The zero-order chi connectivity index (χ0) is 20.3. The van der Waals surface area contributed by atoms with Crippen molar-refractivity contribution in [3.05, 3.63) is 76.2 Å². The van der Waals surface area contributed by atoms with Crippen LogP contribution < -0.4 is 5.32 Å². The Kier molecular flexibility index (Phi) is 5.18. The Morgan fingerprint density at radius 3 is 2.68 bits per heavy atom. The predicted molar refractivity (Wildman–Crippen MR) is 99.7 cm³/mol. The molecule has 1 N–H and O–H groups in total. The Hall–Kier alpha value is -3.60. The fraction of sp³-hybridized carbons (Fsp3) is 0.118. The van der Waals surface area contributed by atoms with Crippen molar-refractivity contribution < 1.29 is 18.1 Å². The highest BCUT2D eigenvalue weighted by atomic mass is 32.2. The number of nitrogens with one attached hydrogen (secondary N) is 1. The van der Waals surface area contributed by atoms with Gasteiger partial charge in [0.15, 0.2) is 15.7 Å². The third kappa shape index (κ3) is 4.38. The molecule has 3 rings (SSSR count). The van der Waals surface area contributed by atoms with Crippen LogP contribution in [0.25, 0.3) is 0 Å². The van der Waals surface area contributed by atoms with Gasteiger partial charge in [-0.05, 0) is 24.3 Å². The zero-order valence-corrected chi connectivity index (χ0v) is 15.5. The largest absolute Gasteiger partial charge is 0.305 e. The number of hydrogen-bond donors (Lipinski definition) is 1. The lowest BCUT2D eigenvalue weighted by Crippen LogP contribution is -2.14. The molecule has 0 fully saturated rings. The van der Waals surface area contributed by atoms with Crippen LogP contribution in [0.3, 0.4) is 0 Å². The number of anilines is 1. The van der Waals surface area contributed by atoms with E-state index in [1.54, 1.807) is 29.2 Å². The summed E-state index contributed by atoms with van der Waals surface area (Å²) in [4.78, 5) is 26.4. The first-order valence-corrected chi connectivity index (χ1v) is 9.86. The van der Waals surface area contributed by atoms with Crippen molar-refractivity contribution in [3.8, 4) is 0 Å². The number of nitrogens with zero attached hydrogens (tertiary/aromatic N) is 4. The standard InChI is InChI=1S/C17H15N5O5S/c1-28(26,27)15-6-5-12(10-14(15)22(24)25)17(23)19-16-7-9-21(20-16)11-13-4-2-3-8-18-13/h2-10H,11H2,1H3,(H,19,20,23). The Morgan fingerprint density at radius 2 is 2.04 bits per heavy atom. The highest BCUT2D eigenvalue weighted by Gasteiger charge is 2.24. The Bertz CT molecular complexity index is 1140. The molecule has 0 aliphatic carbocycles. The molecule has 2 heterocycles. The summed E-state index contributed by atoms with van der Waals surface area (Å²) in [5, 5.41) is 17.9. The second kappa shape index (κ2) is 7.56. The van der Waals surface area contributed by atoms with Gasteiger partial charge in [-0.2, -0.15) is 5.10 Å². The summed E-state index contributed by atoms with van der Waals surface area (Å²) in [7, 11) is -3.80. The van der Waals surface area contributed by atoms with Crippen molar-refractivity contribution >= 4 is 27.2 Å². The Balaban J connectivity index is 1.78. The quantitative estimate of drug-likeness (QED) is 0.492. The van der Waals surface area contributed by atoms with Crippen LogP contribution in [0.1, 0.15) is 16.1 Å². The molecule has 0 saturated carbocycles. The van der Waals surface area contributed by atoms with Gasteiger partial charge < -0.3 is 5.32 Å². The summed E-state index contributed by atoms with van der Waals surface area (Å²) >= 11 is 0. The van der Waals surface area contributed by atoms with Crippen molar-refractivity contribution in [2.24, 2.45) is 0 Å². The Morgan fingerprint density at radius 1 is 1.25 bits per heavy atom. The van der Waals surface area contributed by atoms with E-state index in [0.717, 1.165) is 24.1 Å². The lowest BCUT2D eigenvalue weighted by molar-refractivity contribution is -0.387. The van der Waals surface area contributed by atoms with Crippen LogP contribution in [0.4, 0.5) is 11.5 Å². The predicted octanol–water partition coefficient (Wildman–Crippen LogP) is 1.89. The lowest BCUT2D eigenvalue weighted by Gasteiger charge is -2.05. The molecule has 144 valence electrons. The molecular formula is C17H15N5O5S. The van der Waals surface area contributed by atoms with Gasteiger partial charge in [0, 0.05) is 36.3 Å². The first-order valence-electron chi connectivity index (χ1n) is 7.97. The summed E-state index contributed by atoms with van der Waals surface area (Å²) in [6, 6.07) is 10.2. The topological polar surface area (TPSA) is 137 Å². The number of nitro groups is 1. The molecule has 0 saturated heterocycles. The molecule has 0 aliphatic rings. The second-order valence-electron chi connectivity index (χ2n) is 5.89. The van der Waals surface area contributed by atoms with Crippen LogP contribution in [0.15, 0.2) is 59.8 Å². The molecule has 0 unspecified atom stereocenters. The SMILES string of the molecule is CS(=O)(=O)c1ccc(C(=O)Nc2ccn(Cc3ccccn3)n2)cc1[N+](=O)[O-]. The summed E-state index contributed by atoms with van der Waals surface area (Å²) in [5.74, 6) is -0.401. The van der Waals surface area contributed by atoms with E-state index in [0.29, 0.717) is 6.54 Å². The van der Waals surface area contributed by atoms with Crippen LogP contribution in [0, 0.1) is 10.1 Å². The molecule has 11 heteroatoms. The van der Waals surface area contributed by atoms with Gasteiger partial charge in [-0.15, -0.1) is 0 Å². The zero-order valence-electron chi connectivity index (χ0n) is 14.6. The number of carbonyl (C=O) groups is 1. The molecule has 28 heavy (non-hydrogen) atoms. The molecular weight excluding hydrogens is 386 g/mol. The van der Waals surface area contributed by atoms with Crippen molar-refractivity contribution in [1.82, 2.24) is 14.8 Å². The average Bonchev–Trinajstić information content (AvgIpc) is 3.08. The summed E-state index contributed by atoms with van der Waals surface area (Å²) in [6.45, 7) is 0.408. The van der Waals surface area contributed by atoms with E-state index in [9.17, 15) is 23.3 Å². The monoisotopic (exact) mass is 401 g/mol. The van der Waals surface area contributed by atoms with Gasteiger partial charge in [-0.1, -0.05) is 6.07 Å². The van der Waals surface area contributed by atoms with Crippen LogP contribution >= 0.6 is 0 Å². The van der Waals surface area contributed by atoms with Crippen LogP contribution in [-0.2, 0) is 16.4 Å². The van der Waals surface area contributed by atoms with E-state index < -0.39 is 31.3 Å². The van der Waals surface area contributed by atoms with Gasteiger partial charge in [0.2, 0.25) is 0 Å². The van der Waals surface area contributed by atoms with E-state index in [1.165, 1.54) is 6.07 Å². The first-order chi connectivity index (χ1) is 13.2. The number of rotatable bonds is 6. The average molecular weight is 401 g/mol. The number of nitro benzene ring substituents is 1. The maximum absolute atomic E-state index is 12.4. The summed E-state index contributed by atoms with van der Waals surface area (Å²) in [6.07, 6.45) is 4.18. The Labute approximate surface area is 159 Å². The van der Waals surface area contributed by atoms with E-state index in [-0.39, 0.29) is 11.4 Å². The number of aromatic nitrogens is 3. The summed E-state index contributed by atoms with van der Waals surface area (Å²) < 4.78 is 24.9. The smallest absolute Gasteiger partial charge is 0.288 e. The van der Waals surface area contributed by atoms with Crippen LogP contribution in [0.2, 0.25) is 0 Å². The number of hydrogen-bond acceptors (Lipinski definition) is 7. The minimum absolute atomic E-state index is 0.0571.